The third-order valence-electron chi connectivity index (χ3n) is 2.79. The molecular formula is C17H23N3ORe2-2. The topological polar surface area (TPSA) is 58.2 Å². The van der Waals surface area contributed by atoms with Gasteiger partial charge in [-0.2, -0.15) is 5.95 Å². The second-order valence-corrected chi connectivity index (χ2v) is 5.44. The van der Waals surface area contributed by atoms with Gasteiger partial charge in [0, 0.05) is 40.8 Å². The molecule has 2 rings (SSSR count). The predicted molar refractivity (Wildman–Crippen MR) is 87.0 cm³/mol. The molecule has 0 unspecified atom stereocenters. The van der Waals surface area contributed by atoms with E-state index in [0.29, 0.717) is 12.1 Å². The number of rotatable bonds is 3. The normalized spacial score (nSPS) is 9.61. The molecule has 0 aliphatic rings. The van der Waals surface area contributed by atoms with Gasteiger partial charge in [0.05, 0.1) is 0 Å². The molecule has 1 aromatic carbocycles. The fraction of sp³-hybridized carbons (Fsp3) is 0.412. The first-order valence-corrected chi connectivity index (χ1v) is 7.23. The van der Waals surface area contributed by atoms with Crippen LogP contribution in [0.3, 0.4) is 0 Å². The van der Waals surface area contributed by atoms with E-state index < -0.39 is 0 Å². The van der Waals surface area contributed by atoms with Crippen molar-refractivity contribution >= 4 is 5.95 Å². The van der Waals surface area contributed by atoms with Crippen LogP contribution < -0.4 is 10.5 Å². The monoisotopic (exact) mass is 659 g/mol. The largest absolute Gasteiger partial charge is 0.548 e. The van der Waals surface area contributed by atoms with E-state index in [0.717, 1.165) is 5.56 Å². The fourth-order valence-corrected chi connectivity index (χ4v) is 1.69. The van der Waals surface area contributed by atoms with Crippen molar-refractivity contribution in [2.75, 3.05) is 0 Å². The van der Waals surface area contributed by atoms with Crippen molar-refractivity contribution in [3.8, 4) is 0 Å². The molecule has 0 spiro atoms. The molecule has 1 aromatic heterocycles. The number of hydrogen-bond donors (Lipinski definition) is 0. The van der Waals surface area contributed by atoms with E-state index in [4.69, 9.17) is 0 Å². The number of aromatic nitrogens is 2. The molecule has 2 aromatic rings. The molecule has 0 amide bonds. The van der Waals surface area contributed by atoms with Crippen molar-refractivity contribution in [1.29, 1.82) is 0 Å². The summed E-state index contributed by atoms with van der Waals surface area (Å²) in [5.41, 5.74) is 1.20. The van der Waals surface area contributed by atoms with Crippen LogP contribution in [0.4, 0.5) is 5.95 Å². The summed E-state index contributed by atoms with van der Waals surface area (Å²) in [6, 6.07) is 9.81. The maximum absolute atomic E-state index is 11.9. The van der Waals surface area contributed by atoms with Crippen LogP contribution in [-0.4, -0.2) is 4.98 Å². The Morgan fingerprint density at radius 2 is 1.65 bits per heavy atom. The van der Waals surface area contributed by atoms with Gasteiger partial charge in [0.25, 0.3) is 0 Å². The van der Waals surface area contributed by atoms with E-state index in [1.165, 1.54) is 0 Å². The minimum absolute atomic E-state index is 0. The molecule has 23 heavy (non-hydrogen) atoms. The van der Waals surface area contributed by atoms with Crippen LogP contribution in [0.25, 0.3) is 5.32 Å². The van der Waals surface area contributed by atoms with Gasteiger partial charge >= 0.3 is 0 Å². The Bertz CT molecular complexity index is 607. The minimum atomic E-state index is -0.241. The summed E-state index contributed by atoms with van der Waals surface area (Å²) in [6.45, 7) is 10.4. The molecule has 2 radical (unpaired) electrons. The Morgan fingerprint density at radius 3 is 2.13 bits per heavy atom. The molecule has 0 N–H and O–H groups in total. The van der Waals surface area contributed by atoms with E-state index in [9.17, 15) is 4.79 Å². The number of nitrogens with zero attached hydrogens (tertiary/aromatic N) is 3. The third-order valence-corrected chi connectivity index (χ3v) is 2.79. The molecule has 4 nitrogen and oxygen atoms in total. The van der Waals surface area contributed by atoms with Crippen LogP contribution in [0.15, 0.2) is 41.3 Å². The van der Waals surface area contributed by atoms with Crippen molar-refractivity contribution in [2.24, 2.45) is 0 Å². The van der Waals surface area contributed by atoms with Crippen molar-refractivity contribution in [3.05, 3.63) is 63.3 Å². The molecule has 0 saturated carbocycles. The molecule has 0 atom stereocenters. The summed E-state index contributed by atoms with van der Waals surface area (Å²) in [5.74, 6) is 0.252. The molecule has 0 fully saturated rings. The van der Waals surface area contributed by atoms with E-state index in [2.05, 4.69) is 15.3 Å². The molecule has 1 heterocycles. The van der Waals surface area contributed by atoms with Crippen LogP contribution in [-0.2, 0) is 52.8 Å². The smallest absolute Gasteiger partial charge is 0.141 e. The van der Waals surface area contributed by atoms with Gasteiger partial charge in [-0.1, -0.05) is 77.1 Å². The van der Waals surface area contributed by atoms with Crippen LogP contribution >= 0.6 is 0 Å². The first kappa shape index (κ1) is 24.5. The molecule has 128 valence electrons. The van der Waals surface area contributed by atoms with Gasteiger partial charge in [0.1, 0.15) is 5.56 Å². The summed E-state index contributed by atoms with van der Waals surface area (Å²) in [5, 5.41) is 4.24. The Labute approximate surface area is 166 Å². The standard InChI is InChI=1S/C15H18N3O.C2H6.2Re/c1-15(2,3)12-10-17-14(18-13(12)19)16-9-11-7-5-4-6-8-11;1-2;;/h4-8,10H,9H2,1-3H3,(H-,16,17,18,19);1-2H3;;/q-1;;;/p-1. The van der Waals surface area contributed by atoms with Gasteiger partial charge in [-0.25, -0.2) is 0 Å². The summed E-state index contributed by atoms with van der Waals surface area (Å²) in [7, 11) is 0. The van der Waals surface area contributed by atoms with Crippen molar-refractivity contribution in [3.63, 3.8) is 0 Å². The second-order valence-electron chi connectivity index (χ2n) is 5.44. The Balaban J connectivity index is 0. The van der Waals surface area contributed by atoms with Gasteiger partial charge < -0.3 is 20.1 Å². The summed E-state index contributed by atoms with van der Waals surface area (Å²) < 4.78 is 0. The van der Waals surface area contributed by atoms with Crippen LogP contribution in [0.1, 0.15) is 45.7 Å². The first-order chi connectivity index (χ1) is 9.97. The summed E-state index contributed by atoms with van der Waals surface area (Å²) in [4.78, 5) is 20.0. The van der Waals surface area contributed by atoms with E-state index >= 15 is 0 Å². The van der Waals surface area contributed by atoms with Crippen LogP contribution in [0, 0.1) is 0 Å². The third kappa shape index (κ3) is 8.05. The maximum Gasteiger partial charge on any atom is 0.141 e. The second kappa shape index (κ2) is 11.7. The quantitative estimate of drug-likeness (QED) is 0.503. The molecular weight excluding hydrogens is 635 g/mol. The van der Waals surface area contributed by atoms with E-state index in [1.807, 2.05) is 65.0 Å². The van der Waals surface area contributed by atoms with Gasteiger partial charge in [0.2, 0.25) is 0 Å². The molecule has 6 heteroatoms. The maximum atomic E-state index is 11.9. The molecule has 0 saturated heterocycles. The average Bonchev–Trinajstić information content (AvgIpc) is 2.47. The zero-order valence-corrected chi connectivity index (χ0v) is 19.6. The number of benzene rings is 1. The van der Waals surface area contributed by atoms with Crippen molar-refractivity contribution < 1.29 is 40.8 Å². The van der Waals surface area contributed by atoms with E-state index in [1.54, 1.807) is 6.20 Å². The molecule has 0 aliphatic heterocycles. The predicted octanol–water partition coefficient (Wildman–Crippen LogP) is 3.92. The van der Waals surface area contributed by atoms with E-state index in [-0.39, 0.29) is 57.8 Å². The zero-order chi connectivity index (χ0) is 15.9. The molecule has 0 aliphatic carbocycles. The van der Waals surface area contributed by atoms with Crippen molar-refractivity contribution in [2.45, 2.75) is 46.6 Å². The van der Waals surface area contributed by atoms with Crippen LogP contribution in [0.5, 0.6) is 0 Å². The Hall–Kier alpha value is -0.775. The average molecular weight is 658 g/mol. The zero-order valence-electron chi connectivity index (χ0n) is 14.2. The van der Waals surface area contributed by atoms with Gasteiger partial charge in [-0.05, 0) is 11.0 Å². The SMILES string of the molecule is CC.CC(C)(C)c1cnc([N-]Cc2ccccc2)[n-]c1=O.[Re].[Re]. The van der Waals surface area contributed by atoms with Crippen LogP contribution in [0.2, 0.25) is 0 Å². The first-order valence-electron chi connectivity index (χ1n) is 7.23. The van der Waals surface area contributed by atoms with Gasteiger partial charge in [0.15, 0.2) is 0 Å². The fourth-order valence-electron chi connectivity index (χ4n) is 1.69. The number of hydrogen-bond acceptors (Lipinski definition) is 2. The van der Waals surface area contributed by atoms with Gasteiger partial charge in [-0.15, -0.1) is 6.20 Å². The Morgan fingerprint density at radius 1 is 1.09 bits per heavy atom. The minimum Gasteiger partial charge on any atom is -0.548 e. The Kier molecular flexibility index (Phi) is 12.5. The van der Waals surface area contributed by atoms with Crippen molar-refractivity contribution in [1.82, 2.24) is 9.97 Å². The van der Waals surface area contributed by atoms with Gasteiger partial charge in [-0.3, -0.25) is 0 Å². The summed E-state index contributed by atoms with van der Waals surface area (Å²) >= 11 is 0. The molecule has 0 bridgehead atoms. The summed E-state index contributed by atoms with van der Waals surface area (Å²) in [6.07, 6.45) is 1.58.